The molecule has 41 heavy (non-hydrogen) atoms. The summed E-state index contributed by atoms with van der Waals surface area (Å²) in [6.45, 7) is 22.0. The predicted molar refractivity (Wildman–Crippen MR) is 182 cm³/mol. The zero-order chi connectivity index (χ0) is 30.6. The Labute approximate surface area is 252 Å². The van der Waals surface area contributed by atoms with E-state index >= 15 is 0 Å². The molecule has 0 aromatic carbocycles. The van der Waals surface area contributed by atoms with Crippen molar-refractivity contribution in [1.82, 2.24) is 0 Å². The molecule has 2 aliphatic carbocycles. The van der Waals surface area contributed by atoms with Gasteiger partial charge in [0.2, 0.25) is 0 Å². The average Bonchev–Trinajstić information content (AvgIpc) is 2.84. The number of rotatable bonds is 10. The van der Waals surface area contributed by atoms with Crippen LogP contribution in [-0.4, -0.2) is 5.78 Å². The number of ketones is 1. The van der Waals surface area contributed by atoms with Crippen LogP contribution in [-0.2, 0) is 4.79 Å². The fourth-order valence-electron chi connectivity index (χ4n) is 5.80. The first-order valence-electron chi connectivity index (χ1n) is 15.2. The summed E-state index contributed by atoms with van der Waals surface area (Å²) in [5.74, 6) is 0.535. The van der Waals surface area contributed by atoms with Crippen LogP contribution in [0.1, 0.15) is 94.9 Å². The number of hydrogen-bond donors (Lipinski definition) is 0. The summed E-state index contributed by atoms with van der Waals surface area (Å²) in [5.41, 5.74) is 9.31. The van der Waals surface area contributed by atoms with Crippen molar-refractivity contribution < 1.29 is 4.79 Å². The van der Waals surface area contributed by atoms with Gasteiger partial charge in [0.1, 0.15) is 0 Å². The minimum absolute atomic E-state index is 0.0347. The smallest absolute Gasteiger partial charge is 0.156 e. The average molecular weight is 551 g/mol. The molecule has 0 saturated heterocycles. The topological polar surface area (TPSA) is 17.1 Å². The van der Waals surface area contributed by atoms with Crippen molar-refractivity contribution in [3.05, 3.63) is 130 Å². The van der Waals surface area contributed by atoms with Crippen LogP contribution in [0.15, 0.2) is 130 Å². The third kappa shape index (κ3) is 11.7. The molecule has 0 aromatic rings. The Morgan fingerprint density at radius 3 is 1.80 bits per heavy atom. The lowest BCUT2D eigenvalue weighted by Crippen LogP contribution is -2.30. The Kier molecular flexibility index (Phi) is 13.0. The summed E-state index contributed by atoms with van der Waals surface area (Å²) in [4.78, 5) is 11.9. The summed E-state index contributed by atoms with van der Waals surface area (Å²) < 4.78 is 0. The maximum Gasteiger partial charge on any atom is 0.156 e. The lowest BCUT2D eigenvalue weighted by Gasteiger charge is -2.35. The Hall–Kier alpha value is -3.19. The van der Waals surface area contributed by atoms with E-state index in [9.17, 15) is 4.79 Å². The standard InChI is InChI=1S/C40H54O/c1-30(18-13-20-32(3)23-25-37-34(5)22-15-27-39(37,7)8)16-11-12-17-31(2)19-14-21-33(4)24-26-38-35(6)28-36(41)29-40(38,9)10/h11-14,16-21,23-26,28,38H,15,22,27,29H2,1-10H3/b12-11+,18-13+,19-14+,25-23+,26-24+,30-16+,31-17+,32-20+,33-21+/t38-/m1/s1. The molecule has 1 nitrogen and oxygen atoms in total. The molecule has 0 bridgehead atoms. The first-order valence-corrected chi connectivity index (χ1v) is 15.2. The van der Waals surface area contributed by atoms with Crippen molar-refractivity contribution in [1.29, 1.82) is 0 Å². The van der Waals surface area contributed by atoms with Crippen molar-refractivity contribution >= 4 is 5.78 Å². The molecule has 0 fully saturated rings. The van der Waals surface area contributed by atoms with Gasteiger partial charge in [0.05, 0.1) is 0 Å². The largest absolute Gasteiger partial charge is 0.295 e. The summed E-state index contributed by atoms with van der Waals surface area (Å²) in [6, 6.07) is 0. The van der Waals surface area contributed by atoms with E-state index < -0.39 is 0 Å². The van der Waals surface area contributed by atoms with Crippen LogP contribution in [0, 0.1) is 16.7 Å². The monoisotopic (exact) mass is 550 g/mol. The van der Waals surface area contributed by atoms with E-state index in [-0.39, 0.29) is 16.6 Å². The summed E-state index contributed by atoms with van der Waals surface area (Å²) in [6.07, 6.45) is 36.5. The maximum absolute atomic E-state index is 11.9. The quantitative estimate of drug-likeness (QED) is 0.247. The molecule has 0 spiro atoms. The highest BCUT2D eigenvalue weighted by Gasteiger charge is 2.34. The third-order valence-corrected chi connectivity index (χ3v) is 8.22. The van der Waals surface area contributed by atoms with E-state index in [2.05, 4.69) is 154 Å². The van der Waals surface area contributed by atoms with E-state index in [0.29, 0.717) is 12.3 Å². The van der Waals surface area contributed by atoms with Gasteiger partial charge >= 0.3 is 0 Å². The molecule has 0 N–H and O–H groups in total. The van der Waals surface area contributed by atoms with Gasteiger partial charge in [-0.05, 0) is 83.3 Å². The summed E-state index contributed by atoms with van der Waals surface area (Å²) in [7, 11) is 0. The molecule has 0 aliphatic heterocycles. The van der Waals surface area contributed by atoms with Gasteiger partial charge in [0, 0.05) is 12.3 Å². The number of allylic oxidation sites excluding steroid dienone is 22. The van der Waals surface area contributed by atoms with Gasteiger partial charge in [-0.2, -0.15) is 0 Å². The van der Waals surface area contributed by atoms with Gasteiger partial charge < -0.3 is 0 Å². The molecule has 2 aliphatic rings. The summed E-state index contributed by atoms with van der Waals surface area (Å²) >= 11 is 0. The summed E-state index contributed by atoms with van der Waals surface area (Å²) in [5, 5.41) is 0. The van der Waals surface area contributed by atoms with E-state index in [0.717, 1.165) is 5.57 Å². The van der Waals surface area contributed by atoms with E-state index in [1.54, 1.807) is 0 Å². The van der Waals surface area contributed by atoms with Gasteiger partial charge in [0.15, 0.2) is 5.78 Å². The first-order chi connectivity index (χ1) is 19.2. The zero-order valence-corrected chi connectivity index (χ0v) is 27.5. The second kappa shape index (κ2) is 15.7. The Morgan fingerprint density at radius 2 is 1.27 bits per heavy atom. The van der Waals surface area contributed by atoms with Crippen LogP contribution in [0.2, 0.25) is 0 Å². The molecule has 0 saturated carbocycles. The van der Waals surface area contributed by atoms with E-state index in [4.69, 9.17) is 0 Å². The minimum Gasteiger partial charge on any atom is -0.295 e. The molecule has 1 heteroatoms. The SMILES string of the molecule is CC1=CC(=O)CC(C)(C)[C@@H]1/C=C/C(C)=C/C=C/C(C)=C/C=C/C=C(C)/C=C/C=C(C)/C=C/C1=C(C)CCCC1(C)C. The molecule has 0 aromatic heterocycles. The Bertz CT molecular complexity index is 1280. The van der Waals surface area contributed by atoms with Crippen molar-refractivity contribution in [3.63, 3.8) is 0 Å². The molecule has 2 rings (SSSR count). The van der Waals surface area contributed by atoms with Gasteiger partial charge in [-0.1, -0.05) is 146 Å². The van der Waals surface area contributed by atoms with Gasteiger partial charge in [-0.15, -0.1) is 0 Å². The van der Waals surface area contributed by atoms with Crippen LogP contribution >= 0.6 is 0 Å². The molecular formula is C40H54O. The number of carbonyl (C=O) groups is 1. The van der Waals surface area contributed by atoms with Crippen LogP contribution in [0.25, 0.3) is 0 Å². The predicted octanol–water partition coefficient (Wildman–Crippen LogP) is 11.6. The van der Waals surface area contributed by atoms with Gasteiger partial charge in [-0.3, -0.25) is 4.79 Å². The number of hydrogen-bond acceptors (Lipinski definition) is 1. The minimum atomic E-state index is -0.0347. The highest BCUT2D eigenvalue weighted by Crippen LogP contribution is 2.41. The Balaban J connectivity index is 1.89. The Morgan fingerprint density at radius 1 is 0.756 bits per heavy atom. The highest BCUT2D eigenvalue weighted by molar-refractivity contribution is 5.92. The van der Waals surface area contributed by atoms with E-state index in [1.165, 1.54) is 52.7 Å². The maximum atomic E-state index is 11.9. The van der Waals surface area contributed by atoms with Gasteiger partial charge in [0.25, 0.3) is 0 Å². The molecule has 0 unspecified atom stereocenters. The molecule has 1 atom stereocenters. The lowest BCUT2D eigenvalue weighted by molar-refractivity contribution is -0.117. The molecular weight excluding hydrogens is 496 g/mol. The fourth-order valence-corrected chi connectivity index (χ4v) is 5.80. The second-order valence-electron chi connectivity index (χ2n) is 13.4. The zero-order valence-electron chi connectivity index (χ0n) is 27.5. The van der Waals surface area contributed by atoms with Crippen molar-refractivity contribution in [2.75, 3.05) is 0 Å². The highest BCUT2D eigenvalue weighted by atomic mass is 16.1. The molecule has 220 valence electrons. The van der Waals surface area contributed by atoms with E-state index in [1.807, 2.05) is 6.08 Å². The lowest BCUT2D eigenvalue weighted by atomic mass is 9.68. The normalized spacial score (nSPS) is 23.3. The van der Waals surface area contributed by atoms with Crippen LogP contribution in [0.5, 0.6) is 0 Å². The third-order valence-electron chi connectivity index (χ3n) is 8.22. The second-order valence-corrected chi connectivity index (χ2v) is 13.4. The van der Waals surface area contributed by atoms with Crippen LogP contribution in [0.3, 0.4) is 0 Å². The fraction of sp³-hybridized carbons (Fsp3) is 0.425. The molecule has 0 amide bonds. The molecule has 0 heterocycles. The first kappa shape index (κ1) is 34.0. The van der Waals surface area contributed by atoms with Crippen molar-refractivity contribution in [2.45, 2.75) is 94.9 Å². The van der Waals surface area contributed by atoms with Crippen LogP contribution < -0.4 is 0 Å². The van der Waals surface area contributed by atoms with Crippen molar-refractivity contribution in [2.24, 2.45) is 16.7 Å². The van der Waals surface area contributed by atoms with Crippen molar-refractivity contribution in [3.8, 4) is 0 Å². The number of carbonyl (C=O) groups excluding carboxylic acids is 1. The van der Waals surface area contributed by atoms with Crippen LogP contribution in [0.4, 0.5) is 0 Å². The molecule has 0 radical (unpaired) electrons. The van der Waals surface area contributed by atoms with Gasteiger partial charge in [-0.25, -0.2) is 0 Å².